The van der Waals surface area contributed by atoms with Crippen LogP contribution in [0, 0.1) is 5.82 Å². The van der Waals surface area contributed by atoms with E-state index in [-0.39, 0.29) is 11.3 Å². The van der Waals surface area contributed by atoms with Crippen molar-refractivity contribution in [2.45, 2.75) is 64.9 Å². The topological polar surface area (TPSA) is 9.23 Å². The Morgan fingerprint density at radius 2 is 1.47 bits per heavy atom. The van der Waals surface area contributed by atoms with Gasteiger partial charge in [-0.05, 0) is 53.1 Å². The SMILES string of the molecule is CCCCCCc1ccc(-c2ccc3c(c2)C(F)(F)Oc2c-3ccc(CCC)c2F)cc1. The second-order valence-electron chi connectivity index (χ2n) is 8.55. The van der Waals surface area contributed by atoms with Crippen molar-refractivity contribution < 1.29 is 17.9 Å². The predicted octanol–water partition coefficient (Wildman–Crippen LogP) is 8.68. The van der Waals surface area contributed by atoms with E-state index in [2.05, 4.69) is 19.1 Å². The number of hydrogen-bond donors (Lipinski definition) is 0. The number of unbranched alkanes of at least 4 members (excludes halogenated alkanes) is 3. The first-order chi connectivity index (χ1) is 15.4. The monoisotopic (exact) mass is 438 g/mol. The molecule has 0 spiro atoms. The molecule has 168 valence electrons. The van der Waals surface area contributed by atoms with Gasteiger partial charge in [0.1, 0.15) is 0 Å². The number of hydrogen-bond acceptors (Lipinski definition) is 1. The summed E-state index contributed by atoms with van der Waals surface area (Å²) in [5.41, 5.74) is 3.67. The number of ether oxygens (including phenoxy) is 1. The lowest BCUT2D eigenvalue weighted by Gasteiger charge is -2.29. The van der Waals surface area contributed by atoms with Crippen molar-refractivity contribution in [2.75, 3.05) is 0 Å². The molecule has 0 aliphatic carbocycles. The molecule has 3 aromatic rings. The zero-order valence-electron chi connectivity index (χ0n) is 18.7. The maximum absolute atomic E-state index is 14.9. The fourth-order valence-electron chi connectivity index (χ4n) is 4.37. The number of rotatable bonds is 8. The van der Waals surface area contributed by atoms with Gasteiger partial charge in [-0.25, -0.2) is 4.39 Å². The van der Waals surface area contributed by atoms with Crippen molar-refractivity contribution >= 4 is 0 Å². The van der Waals surface area contributed by atoms with E-state index < -0.39 is 11.9 Å². The van der Waals surface area contributed by atoms with Crippen LogP contribution in [0.25, 0.3) is 22.3 Å². The van der Waals surface area contributed by atoms with Gasteiger partial charge in [-0.1, -0.05) is 88.1 Å². The largest absolute Gasteiger partial charge is 0.427 e. The van der Waals surface area contributed by atoms with E-state index in [1.54, 1.807) is 18.2 Å². The van der Waals surface area contributed by atoms with Gasteiger partial charge in [0.05, 0.1) is 5.56 Å². The molecule has 0 saturated carbocycles. The molecule has 1 nitrogen and oxygen atoms in total. The Labute approximate surface area is 188 Å². The molecule has 1 aliphatic rings. The molecule has 1 aliphatic heterocycles. The van der Waals surface area contributed by atoms with E-state index in [0.717, 1.165) is 24.8 Å². The second-order valence-corrected chi connectivity index (χ2v) is 8.55. The molecule has 0 fully saturated rings. The highest BCUT2D eigenvalue weighted by Crippen LogP contribution is 2.49. The molecule has 4 heteroatoms. The van der Waals surface area contributed by atoms with Gasteiger partial charge >= 0.3 is 6.11 Å². The van der Waals surface area contributed by atoms with Crippen molar-refractivity contribution in [2.24, 2.45) is 0 Å². The van der Waals surface area contributed by atoms with E-state index in [0.29, 0.717) is 28.7 Å². The summed E-state index contributed by atoms with van der Waals surface area (Å²) in [6.07, 6.45) is 3.48. The Balaban J connectivity index is 1.64. The average molecular weight is 439 g/mol. The number of halogens is 3. The molecular weight excluding hydrogens is 409 g/mol. The van der Waals surface area contributed by atoms with Crippen LogP contribution >= 0.6 is 0 Å². The first-order valence-corrected chi connectivity index (χ1v) is 11.6. The van der Waals surface area contributed by atoms with E-state index in [9.17, 15) is 13.2 Å². The zero-order chi connectivity index (χ0) is 22.7. The summed E-state index contributed by atoms with van der Waals surface area (Å²) in [6.45, 7) is 4.12. The Morgan fingerprint density at radius 3 is 2.19 bits per heavy atom. The van der Waals surface area contributed by atoms with Crippen molar-refractivity contribution in [1.29, 1.82) is 0 Å². The lowest BCUT2D eigenvalue weighted by molar-refractivity contribution is -0.188. The molecule has 1 heterocycles. The lowest BCUT2D eigenvalue weighted by atomic mass is 9.90. The Morgan fingerprint density at radius 1 is 0.750 bits per heavy atom. The summed E-state index contributed by atoms with van der Waals surface area (Å²) in [5, 5.41) is 0. The first kappa shape index (κ1) is 22.4. The highest BCUT2D eigenvalue weighted by atomic mass is 19.3. The van der Waals surface area contributed by atoms with Gasteiger partial charge in [-0.3, -0.25) is 0 Å². The fourth-order valence-corrected chi connectivity index (χ4v) is 4.37. The van der Waals surface area contributed by atoms with Crippen LogP contribution in [0.4, 0.5) is 13.2 Å². The summed E-state index contributed by atoms with van der Waals surface area (Å²) in [7, 11) is 0. The minimum absolute atomic E-state index is 0.228. The third-order valence-electron chi connectivity index (χ3n) is 6.16. The molecular formula is C28H29F3O. The van der Waals surface area contributed by atoms with Gasteiger partial charge in [-0.15, -0.1) is 0 Å². The Bertz CT molecular complexity index is 1090. The van der Waals surface area contributed by atoms with Crippen LogP contribution < -0.4 is 4.74 Å². The third-order valence-corrected chi connectivity index (χ3v) is 6.16. The van der Waals surface area contributed by atoms with Gasteiger partial charge in [0.25, 0.3) is 0 Å². The summed E-state index contributed by atoms with van der Waals surface area (Å²) >= 11 is 0. The van der Waals surface area contributed by atoms with Crippen LogP contribution in [0.1, 0.15) is 62.6 Å². The summed E-state index contributed by atoms with van der Waals surface area (Å²) < 4.78 is 49.7. The van der Waals surface area contributed by atoms with Crippen LogP contribution in [-0.2, 0) is 19.0 Å². The van der Waals surface area contributed by atoms with Gasteiger partial charge in [0, 0.05) is 5.56 Å². The lowest BCUT2D eigenvalue weighted by Crippen LogP contribution is -2.27. The molecule has 0 atom stereocenters. The van der Waals surface area contributed by atoms with Gasteiger partial charge < -0.3 is 4.74 Å². The second kappa shape index (κ2) is 9.40. The molecule has 0 bridgehead atoms. The zero-order valence-corrected chi connectivity index (χ0v) is 18.7. The maximum Gasteiger partial charge on any atom is 0.427 e. The normalized spacial score (nSPS) is 13.9. The minimum atomic E-state index is -3.59. The molecule has 32 heavy (non-hydrogen) atoms. The summed E-state index contributed by atoms with van der Waals surface area (Å²) in [4.78, 5) is 0. The van der Waals surface area contributed by atoms with E-state index in [4.69, 9.17) is 4.74 Å². The van der Waals surface area contributed by atoms with Crippen molar-refractivity contribution in [3.8, 4) is 28.0 Å². The van der Waals surface area contributed by atoms with Crippen LogP contribution in [0.3, 0.4) is 0 Å². The van der Waals surface area contributed by atoms with Crippen LogP contribution in [0.5, 0.6) is 5.75 Å². The van der Waals surface area contributed by atoms with E-state index in [1.165, 1.54) is 30.9 Å². The van der Waals surface area contributed by atoms with Gasteiger partial charge in [-0.2, -0.15) is 8.78 Å². The number of alkyl halides is 2. The molecule has 3 aromatic carbocycles. The van der Waals surface area contributed by atoms with Crippen LogP contribution in [0.2, 0.25) is 0 Å². The van der Waals surface area contributed by atoms with Crippen molar-refractivity contribution in [3.05, 3.63) is 77.1 Å². The highest BCUT2D eigenvalue weighted by Gasteiger charge is 2.43. The van der Waals surface area contributed by atoms with Gasteiger partial charge in [0.2, 0.25) is 0 Å². The first-order valence-electron chi connectivity index (χ1n) is 11.6. The predicted molar refractivity (Wildman–Crippen MR) is 124 cm³/mol. The summed E-state index contributed by atoms with van der Waals surface area (Å²) in [6, 6.07) is 16.4. The Hall–Kier alpha value is -2.75. The molecule has 0 radical (unpaired) electrons. The molecule has 0 N–H and O–H groups in total. The van der Waals surface area contributed by atoms with Crippen molar-refractivity contribution in [1.82, 2.24) is 0 Å². The van der Waals surface area contributed by atoms with Crippen molar-refractivity contribution in [3.63, 3.8) is 0 Å². The molecule has 4 rings (SSSR count). The van der Waals surface area contributed by atoms with E-state index in [1.807, 2.05) is 25.1 Å². The smallest absolute Gasteiger partial charge is 0.425 e. The molecule has 0 amide bonds. The van der Waals surface area contributed by atoms with Crippen LogP contribution in [0.15, 0.2) is 54.6 Å². The standard InChI is InChI=1S/C28H29F3O/c1-3-5-6-7-9-19-10-12-20(13-11-19)22-15-16-23-24-17-14-21(8-4-2)26(29)27(24)32-28(30,31)25(23)18-22/h10-18H,3-9H2,1-2H3. The van der Waals surface area contributed by atoms with Gasteiger partial charge in [0.15, 0.2) is 11.6 Å². The molecule has 0 unspecified atom stereocenters. The minimum Gasteiger partial charge on any atom is -0.425 e. The van der Waals surface area contributed by atoms with E-state index >= 15 is 0 Å². The quantitative estimate of drug-likeness (QED) is 0.320. The maximum atomic E-state index is 14.9. The average Bonchev–Trinajstić information content (AvgIpc) is 2.79. The number of aryl methyl sites for hydroxylation is 2. The number of fused-ring (bicyclic) bond motifs is 3. The number of benzene rings is 3. The summed E-state index contributed by atoms with van der Waals surface area (Å²) in [5.74, 6) is -1.04. The molecule has 0 saturated heterocycles. The fraction of sp³-hybridized carbons (Fsp3) is 0.357. The third kappa shape index (κ3) is 4.41. The Kier molecular flexibility index (Phi) is 6.59. The van der Waals surface area contributed by atoms with Crippen LogP contribution in [-0.4, -0.2) is 0 Å². The highest BCUT2D eigenvalue weighted by molar-refractivity contribution is 5.80. The molecule has 0 aromatic heterocycles.